The van der Waals surface area contributed by atoms with E-state index in [4.69, 9.17) is 0 Å². The van der Waals surface area contributed by atoms with Gasteiger partial charge in [-0.2, -0.15) is 0 Å². The standard InChI is InChI=1S/C17H27NO/c1-3-14-6-5-12-18(13-11-14)16-9-7-15(8-10-16)17(19)4-2/h7-10,14,17,19H,3-6,11-13H2,1-2H3. The minimum atomic E-state index is -0.317. The van der Waals surface area contributed by atoms with E-state index >= 15 is 0 Å². The van der Waals surface area contributed by atoms with Crippen molar-refractivity contribution in [2.75, 3.05) is 18.0 Å². The summed E-state index contributed by atoms with van der Waals surface area (Å²) in [6, 6.07) is 8.48. The van der Waals surface area contributed by atoms with Gasteiger partial charge in [0.2, 0.25) is 0 Å². The molecule has 0 bridgehead atoms. The molecule has 1 saturated heterocycles. The molecular formula is C17H27NO. The van der Waals surface area contributed by atoms with E-state index in [1.165, 1.54) is 44.5 Å². The van der Waals surface area contributed by atoms with Crippen LogP contribution < -0.4 is 4.90 Å². The van der Waals surface area contributed by atoms with Crippen LogP contribution in [-0.2, 0) is 0 Å². The molecule has 2 atom stereocenters. The van der Waals surface area contributed by atoms with Crippen molar-refractivity contribution in [2.45, 2.75) is 52.1 Å². The van der Waals surface area contributed by atoms with Crippen LogP contribution >= 0.6 is 0 Å². The summed E-state index contributed by atoms with van der Waals surface area (Å²) in [5.74, 6) is 0.909. The van der Waals surface area contributed by atoms with Gasteiger partial charge in [0.15, 0.2) is 0 Å². The third-order valence-electron chi connectivity index (χ3n) is 4.45. The normalized spacial score (nSPS) is 22.1. The molecule has 1 aliphatic heterocycles. The van der Waals surface area contributed by atoms with Crippen molar-refractivity contribution in [1.82, 2.24) is 0 Å². The van der Waals surface area contributed by atoms with Crippen LogP contribution in [0.1, 0.15) is 57.6 Å². The lowest BCUT2D eigenvalue weighted by atomic mass is 9.98. The van der Waals surface area contributed by atoms with E-state index in [9.17, 15) is 5.11 Å². The summed E-state index contributed by atoms with van der Waals surface area (Å²) >= 11 is 0. The van der Waals surface area contributed by atoms with E-state index in [-0.39, 0.29) is 6.10 Å². The molecule has 1 aromatic carbocycles. The van der Waals surface area contributed by atoms with Crippen molar-refractivity contribution in [2.24, 2.45) is 5.92 Å². The zero-order chi connectivity index (χ0) is 13.7. The van der Waals surface area contributed by atoms with Crippen molar-refractivity contribution in [3.8, 4) is 0 Å². The van der Waals surface area contributed by atoms with Gasteiger partial charge in [-0.3, -0.25) is 0 Å². The van der Waals surface area contributed by atoms with Gasteiger partial charge in [0, 0.05) is 18.8 Å². The Morgan fingerprint density at radius 2 is 1.89 bits per heavy atom. The van der Waals surface area contributed by atoms with Crippen LogP contribution in [0.25, 0.3) is 0 Å². The molecule has 106 valence electrons. The van der Waals surface area contributed by atoms with Crippen LogP contribution in [0.4, 0.5) is 5.69 Å². The SMILES string of the molecule is CCC1CCCN(c2ccc(C(O)CC)cc2)CC1. The molecule has 1 heterocycles. The molecule has 0 aliphatic carbocycles. The van der Waals surface area contributed by atoms with E-state index in [2.05, 4.69) is 36.1 Å². The van der Waals surface area contributed by atoms with Crippen molar-refractivity contribution >= 4 is 5.69 Å². The zero-order valence-electron chi connectivity index (χ0n) is 12.3. The van der Waals surface area contributed by atoms with Gasteiger partial charge in [-0.25, -0.2) is 0 Å². The Labute approximate surface area is 117 Å². The lowest BCUT2D eigenvalue weighted by Crippen LogP contribution is -2.24. The summed E-state index contributed by atoms with van der Waals surface area (Å²) in [7, 11) is 0. The highest BCUT2D eigenvalue weighted by molar-refractivity contribution is 5.48. The molecule has 2 heteroatoms. The maximum atomic E-state index is 9.83. The summed E-state index contributed by atoms with van der Waals surface area (Å²) in [4.78, 5) is 2.50. The van der Waals surface area contributed by atoms with E-state index in [1.807, 2.05) is 6.92 Å². The maximum absolute atomic E-state index is 9.83. The quantitative estimate of drug-likeness (QED) is 0.880. The molecule has 2 nitrogen and oxygen atoms in total. The highest BCUT2D eigenvalue weighted by Crippen LogP contribution is 2.26. The van der Waals surface area contributed by atoms with Crippen LogP contribution in [0.5, 0.6) is 0 Å². The molecule has 19 heavy (non-hydrogen) atoms. The first kappa shape index (κ1) is 14.4. The summed E-state index contributed by atoms with van der Waals surface area (Å²) in [5, 5.41) is 9.83. The van der Waals surface area contributed by atoms with Gasteiger partial charge in [-0.1, -0.05) is 32.4 Å². The second-order valence-electron chi connectivity index (χ2n) is 5.71. The van der Waals surface area contributed by atoms with Gasteiger partial charge in [0.1, 0.15) is 0 Å². The number of hydrogen-bond acceptors (Lipinski definition) is 2. The smallest absolute Gasteiger partial charge is 0.0787 e. The molecule has 2 rings (SSSR count). The first-order valence-corrected chi connectivity index (χ1v) is 7.77. The molecule has 0 aromatic heterocycles. The van der Waals surface area contributed by atoms with Crippen molar-refractivity contribution < 1.29 is 5.11 Å². The number of hydrogen-bond donors (Lipinski definition) is 1. The average molecular weight is 261 g/mol. The molecule has 1 fully saturated rings. The predicted molar refractivity (Wildman–Crippen MR) is 81.5 cm³/mol. The minimum absolute atomic E-state index is 0.317. The topological polar surface area (TPSA) is 23.5 Å². The van der Waals surface area contributed by atoms with E-state index < -0.39 is 0 Å². The number of anilines is 1. The highest BCUT2D eigenvalue weighted by Gasteiger charge is 2.16. The Bertz CT molecular complexity index is 373. The number of nitrogens with zero attached hydrogens (tertiary/aromatic N) is 1. The summed E-state index contributed by atoms with van der Waals surface area (Å²) < 4.78 is 0. The monoisotopic (exact) mass is 261 g/mol. The fraction of sp³-hybridized carbons (Fsp3) is 0.647. The molecule has 0 amide bonds. The Morgan fingerprint density at radius 3 is 2.53 bits per heavy atom. The van der Waals surface area contributed by atoms with Gasteiger partial charge >= 0.3 is 0 Å². The number of aliphatic hydroxyl groups excluding tert-OH is 1. The average Bonchev–Trinajstić information content (AvgIpc) is 2.72. The fourth-order valence-electron chi connectivity index (χ4n) is 2.97. The zero-order valence-corrected chi connectivity index (χ0v) is 12.3. The number of aliphatic hydroxyl groups is 1. The lowest BCUT2D eigenvalue weighted by molar-refractivity contribution is 0.173. The van der Waals surface area contributed by atoms with E-state index in [1.54, 1.807) is 0 Å². The number of rotatable bonds is 4. The number of benzene rings is 1. The van der Waals surface area contributed by atoms with Crippen LogP contribution in [0.3, 0.4) is 0 Å². The molecule has 2 unspecified atom stereocenters. The first-order valence-electron chi connectivity index (χ1n) is 7.77. The highest BCUT2D eigenvalue weighted by atomic mass is 16.3. The van der Waals surface area contributed by atoms with Crippen molar-refractivity contribution in [3.05, 3.63) is 29.8 Å². The fourth-order valence-corrected chi connectivity index (χ4v) is 2.97. The van der Waals surface area contributed by atoms with Crippen molar-refractivity contribution in [1.29, 1.82) is 0 Å². The molecule has 0 saturated carbocycles. The van der Waals surface area contributed by atoms with Crippen LogP contribution in [0, 0.1) is 5.92 Å². The van der Waals surface area contributed by atoms with Gasteiger partial charge < -0.3 is 10.0 Å². The third kappa shape index (κ3) is 3.73. The van der Waals surface area contributed by atoms with E-state index in [0.717, 1.165) is 17.9 Å². The molecule has 1 aliphatic rings. The van der Waals surface area contributed by atoms with Gasteiger partial charge in [0.25, 0.3) is 0 Å². The van der Waals surface area contributed by atoms with Gasteiger partial charge in [-0.15, -0.1) is 0 Å². The molecule has 1 N–H and O–H groups in total. The lowest BCUT2D eigenvalue weighted by Gasteiger charge is -2.23. The second kappa shape index (κ2) is 6.95. The van der Waals surface area contributed by atoms with Crippen LogP contribution in [-0.4, -0.2) is 18.2 Å². The predicted octanol–water partition coefficient (Wildman–Crippen LogP) is 4.15. The van der Waals surface area contributed by atoms with Crippen LogP contribution in [0.15, 0.2) is 24.3 Å². The third-order valence-corrected chi connectivity index (χ3v) is 4.45. The molecule has 1 aromatic rings. The second-order valence-corrected chi connectivity index (χ2v) is 5.71. The van der Waals surface area contributed by atoms with E-state index in [0.29, 0.717) is 0 Å². The Morgan fingerprint density at radius 1 is 1.16 bits per heavy atom. The first-order chi connectivity index (χ1) is 9.24. The largest absolute Gasteiger partial charge is 0.388 e. The summed E-state index contributed by atoms with van der Waals surface area (Å²) in [6.07, 6.45) is 5.77. The Kier molecular flexibility index (Phi) is 5.26. The Hall–Kier alpha value is -1.02. The molecule has 0 spiro atoms. The van der Waals surface area contributed by atoms with Crippen LogP contribution in [0.2, 0.25) is 0 Å². The molecule has 0 radical (unpaired) electrons. The van der Waals surface area contributed by atoms with Gasteiger partial charge in [-0.05, 0) is 49.3 Å². The molecular weight excluding hydrogens is 234 g/mol. The van der Waals surface area contributed by atoms with Crippen molar-refractivity contribution in [3.63, 3.8) is 0 Å². The van der Waals surface area contributed by atoms with Gasteiger partial charge in [0.05, 0.1) is 6.10 Å². The summed E-state index contributed by atoms with van der Waals surface area (Å²) in [5.41, 5.74) is 2.34. The minimum Gasteiger partial charge on any atom is -0.388 e. The Balaban J connectivity index is 2.01. The maximum Gasteiger partial charge on any atom is 0.0787 e. The summed E-state index contributed by atoms with van der Waals surface area (Å²) in [6.45, 7) is 6.67.